The van der Waals surface area contributed by atoms with Crippen molar-refractivity contribution >= 4 is 40.7 Å². The first-order valence-corrected chi connectivity index (χ1v) is 9.42. The Morgan fingerprint density at radius 1 is 1.15 bits per heavy atom. The van der Waals surface area contributed by atoms with Gasteiger partial charge in [0.05, 0.1) is 11.5 Å². The summed E-state index contributed by atoms with van der Waals surface area (Å²) in [5.41, 5.74) is 2.02. The minimum Gasteiger partial charge on any atom is -0.285 e. The average Bonchev–Trinajstić information content (AvgIpc) is 2.94. The Hall–Kier alpha value is -2.37. The van der Waals surface area contributed by atoms with Crippen LogP contribution in [0, 0.1) is 0 Å². The third-order valence-corrected chi connectivity index (χ3v) is 5.23. The monoisotopic (exact) mass is 383 g/mol. The van der Waals surface area contributed by atoms with Gasteiger partial charge in [-0.1, -0.05) is 71.9 Å². The summed E-state index contributed by atoms with van der Waals surface area (Å²) in [6, 6.07) is 17.3. The standard InChI is InChI=1S/C20H18ClN3OS/c1-2-12-24-19(25)18(13-15-6-4-3-5-7-15)26-20(24)23-22-14-16-8-10-17(21)11-9-16/h2-11,14,18H,1,12-13H2/b22-14-,23-20+/t18-/m1/s1. The molecule has 26 heavy (non-hydrogen) atoms. The summed E-state index contributed by atoms with van der Waals surface area (Å²) in [6.45, 7) is 4.15. The lowest BCUT2D eigenvalue weighted by molar-refractivity contribution is -0.125. The lowest BCUT2D eigenvalue weighted by Crippen LogP contribution is -2.32. The fraction of sp³-hybridized carbons (Fsp3) is 0.150. The third kappa shape index (κ3) is 4.62. The normalized spacial score (nSPS) is 18.8. The second kappa shape index (κ2) is 8.83. The maximum absolute atomic E-state index is 12.7. The molecule has 1 fully saturated rings. The largest absolute Gasteiger partial charge is 0.285 e. The summed E-state index contributed by atoms with van der Waals surface area (Å²) in [5, 5.41) is 9.47. The molecule has 1 saturated heterocycles. The second-order valence-electron chi connectivity index (χ2n) is 5.71. The van der Waals surface area contributed by atoms with Crippen molar-refractivity contribution in [3.63, 3.8) is 0 Å². The molecule has 0 bridgehead atoms. The molecule has 0 saturated carbocycles. The number of carbonyl (C=O) groups excluding carboxylic acids is 1. The fourth-order valence-corrected chi connectivity index (χ4v) is 3.81. The first kappa shape index (κ1) is 18.4. The lowest BCUT2D eigenvalue weighted by atomic mass is 10.1. The fourth-order valence-electron chi connectivity index (χ4n) is 2.53. The Morgan fingerprint density at radius 2 is 1.88 bits per heavy atom. The van der Waals surface area contributed by atoms with E-state index in [-0.39, 0.29) is 11.2 Å². The van der Waals surface area contributed by atoms with Gasteiger partial charge in [-0.25, -0.2) is 0 Å². The van der Waals surface area contributed by atoms with Crippen LogP contribution in [0.5, 0.6) is 0 Å². The predicted molar refractivity (Wildman–Crippen MR) is 110 cm³/mol. The molecular formula is C20H18ClN3OS. The van der Waals surface area contributed by atoms with E-state index in [4.69, 9.17) is 11.6 Å². The highest BCUT2D eigenvalue weighted by molar-refractivity contribution is 8.15. The van der Waals surface area contributed by atoms with Crippen LogP contribution in [0.2, 0.25) is 5.02 Å². The van der Waals surface area contributed by atoms with Crippen molar-refractivity contribution in [2.75, 3.05) is 6.54 Å². The van der Waals surface area contributed by atoms with Crippen molar-refractivity contribution in [2.24, 2.45) is 10.2 Å². The number of thioether (sulfide) groups is 1. The number of benzene rings is 2. The summed E-state index contributed by atoms with van der Waals surface area (Å²) in [5.74, 6) is 0.0409. The smallest absolute Gasteiger partial charge is 0.242 e. The Balaban J connectivity index is 1.74. The van der Waals surface area contributed by atoms with E-state index in [0.29, 0.717) is 23.2 Å². The summed E-state index contributed by atoms with van der Waals surface area (Å²) in [4.78, 5) is 14.3. The lowest BCUT2D eigenvalue weighted by Gasteiger charge is -2.12. The van der Waals surface area contributed by atoms with E-state index in [0.717, 1.165) is 11.1 Å². The van der Waals surface area contributed by atoms with Gasteiger partial charge in [-0.3, -0.25) is 9.69 Å². The summed E-state index contributed by atoms with van der Waals surface area (Å²) in [7, 11) is 0. The van der Waals surface area contributed by atoms with E-state index in [1.807, 2.05) is 42.5 Å². The molecule has 0 N–H and O–H groups in total. The van der Waals surface area contributed by atoms with Gasteiger partial charge in [-0.2, -0.15) is 5.10 Å². The van der Waals surface area contributed by atoms with Gasteiger partial charge in [-0.15, -0.1) is 11.7 Å². The van der Waals surface area contributed by atoms with Crippen LogP contribution in [0.4, 0.5) is 0 Å². The Morgan fingerprint density at radius 3 is 2.58 bits per heavy atom. The van der Waals surface area contributed by atoms with E-state index < -0.39 is 0 Å². The zero-order chi connectivity index (χ0) is 18.4. The number of halogens is 1. The van der Waals surface area contributed by atoms with Crippen molar-refractivity contribution in [2.45, 2.75) is 11.7 Å². The highest BCUT2D eigenvalue weighted by atomic mass is 35.5. The Kier molecular flexibility index (Phi) is 6.26. The number of amidine groups is 1. The first-order valence-electron chi connectivity index (χ1n) is 8.17. The Labute approximate surface area is 162 Å². The molecule has 1 aliphatic heterocycles. The predicted octanol–water partition coefficient (Wildman–Crippen LogP) is 4.40. The zero-order valence-electron chi connectivity index (χ0n) is 14.1. The highest BCUT2D eigenvalue weighted by Gasteiger charge is 2.37. The van der Waals surface area contributed by atoms with E-state index in [2.05, 4.69) is 16.8 Å². The molecule has 132 valence electrons. The molecule has 1 amide bonds. The van der Waals surface area contributed by atoms with E-state index in [9.17, 15) is 4.79 Å². The van der Waals surface area contributed by atoms with Crippen LogP contribution in [0.25, 0.3) is 0 Å². The SMILES string of the molecule is C=CCN1C(=O)[C@@H](Cc2ccccc2)S/C1=N/N=C\c1ccc(Cl)cc1. The van der Waals surface area contributed by atoms with Crippen molar-refractivity contribution in [1.82, 2.24) is 4.90 Å². The molecule has 1 atom stereocenters. The first-order chi connectivity index (χ1) is 12.7. The van der Waals surface area contributed by atoms with Crippen molar-refractivity contribution in [3.05, 3.63) is 83.4 Å². The van der Waals surface area contributed by atoms with Crippen LogP contribution < -0.4 is 0 Å². The zero-order valence-corrected chi connectivity index (χ0v) is 15.7. The van der Waals surface area contributed by atoms with Crippen LogP contribution in [0.15, 0.2) is 77.5 Å². The van der Waals surface area contributed by atoms with E-state index in [1.54, 1.807) is 29.3 Å². The maximum Gasteiger partial charge on any atom is 0.242 e. The Bertz CT molecular complexity index is 834. The molecule has 6 heteroatoms. The number of rotatable bonds is 6. The molecule has 2 aromatic rings. The van der Waals surface area contributed by atoms with Gasteiger partial charge in [0.15, 0.2) is 5.17 Å². The summed E-state index contributed by atoms with van der Waals surface area (Å²) >= 11 is 7.32. The molecule has 0 aromatic heterocycles. The van der Waals surface area contributed by atoms with Gasteiger partial charge in [0.2, 0.25) is 5.91 Å². The van der Waals surface area contributed by atoms with Gasteiger partial charge in [0, 0.05) is 11.6 Å². The highest BCUT2D eigenvalue weighted by Crippen LogP contribution is 2.30. The topological polar surface area (TPSA) is 45.0 Å². The van der Waals surface area contributed by atoms with Gasteiger partial charge in [0.25, 0.3) is 0 Å². The maximum atomic E-state index is 12.7. The van der Waals surface area contributed by atoms with Crippen LogP contribution in [0.1, 0.15) is 11.1 Å². The van der Waals surface area contributed by atoms with Gasteiger partial charge >= 0.3 is 0 Å². The second-order valence-corrected chi connectivity index (χ2v) is 7.32. The molecule has 0 aliphatic carbocycles. The van der Waals surface area contributed by atoms with Gasteiger partial charge in [0.1, 0.15) is 0 Å². The van der Waals surface area contributed by atoms with Gasteiger partial charge in [-0.05, 0) is 29.7 Å². The van der Waals surface area contributed by atoms with E-state index in [1.165, 1.54) is 11.8 Å². The van der Waals surface area contributed by atoms with Crippen LogP contribution in [-0.4, -0.2) is 34.0 Å². The van der Waals surface area contributed by atoms with Crippen LogP contribution in [-0.2, 0) is 11.2 Å². The summed E-state index contributed by atoms with van der Waals surface area (Å²) < 4.78 is 0. The van der Waals surface area contributed by atoms with Crippen molar-refractivity contribution < 1.29 is 4.79 Å². The molecule has 1 heterocycles. The minimum absolute atomic E-state index is 0.0409. The average molecular weight is 384 g/mol. The summed E-state index contributed by atoms with van der Waals surface area (Å²) in [6.07, 6.45) is 4.00. The molecule has 4 nitrogen and oxygen atoms in total. The molecule has 0 spiro atoms. The number of hydrogen-bond donors (Lipinski definition) is 0. The molecule has 3 rings (SSSR count). The van der Waals surface area contributed by atoms with Gasteiger partial charge < -0.3 is 0 Å². The molecule has 1 aliphatic rings. The minimum atomic E-state index is -0.193. The number of hydrogen-bond acceptors (Lipinski definition) is 4. The van der Waals surface area contributed by atoms with Crippen molar-refractivity contribution in [3.8, 4) is 0 Å². The quantitative estimate of drug-likeness (QED) is 0.421. The third-order valence-electron chi connectivity index (χ3n) is 3.82. The van der Waals surface area contributed by atoms with E-state index >= 15 is 0 Å². The number of nitrogens with zero attached hydrogens (tertiary/aromatic N) is 3. The number of amides is 1. The molecular weight excluding hydrogens is 366 g/mol. The van der Waals surface area contributed by atoms with Crippen molar-refractivity contribution in [1.29, 1.82) is 0 Å². The molecule has 0 radical (unpaired) electrons. The van der Waals surface area contributed by atoms with Crippen LogP contribution in [0.3, 0.4) is 0 Å². The van der Waals surface area contributed by atoms with Crippen LogP contribution >= 0.6 is 23.4 Å². The molecule has 0 unspecified atom stereocenters. The number of carbonyl (C=O) groups is 1. The molecule has 2 aromatic carbocycles.